The Balaban J connectivity index is 3.07. The highest BCUT2D eigenvalue weighted by molar-refractivity contribution is 7.99. The number of halogens is 2. The van der Waals surface area contributed by atoms with Crippen molar-refractivity contribution in [2.24, 2.45) is 5.73 Å². The van der Waals surface area contributed by atoms with E-state index in [2.05, 4.69) is 4.72 Å². The van der Waals surface area contributed by atoms with Crippen LogP contribution in [0.15, 0.2) is 17.0 Å². The van der Waals surface area contributed by atoms with Crippen LogP contribution in [0.3, 0.4) is 0 Å². The van der Waals surface area contributed by atoms with Gasteiger partial charge in [-0.05, 0) is 24.0 Å². The molecule has 0 aliphatic carbocycles. The first-order valence-electron chi connectivity index (χ1n) is 5.52. The van der Waals surface area contributed by atoms with E-state index in [1.807, 2.05) is 13.2 Å². The molecule has 8 heteroatoms. The van der Waals surface area contributed by atoms with Gasteiger partial charge in [-0.25, -0.2) is 13.1 Å². The fourth-order valence-electron chi connectivity index (χ4n) is 1.32. The third-order valence-corrected chi connectivity index (χ3v) is 5.79. The summed E-state index contributed by atoms with van der Waals surface area (Å²) in [5, 5.41) is 0.630. The Labute approximate surface area is 128 Å². The summed E-state index contributed by atoms with van der Waals surface area (Å²) in [6.07, 6.45) is 1.92. The average Bonchev–Trinajstić information content (AvgIpc) is 2.35. The van der Waals surface area contributed by atoms with Crippen LogP contribution in [0, 0.1) is 0 Å². The monoisotopic (exact) mass is 342 g/mol. The van der Waals surface area contributed by atoms with Crippen molar-refractivity contribution >= 4 is 45.0 Å². The molecule has 1 atom stereocenters. The number of benzene rings is 1. The molecule has 0 aromatic heterocycles. The number of rotatable bonds is 6. The molecule has 1 aromatic rings. The maximum atomic E-state index is 12.2. The summed E-state index contributed by atoms with van der Waals surface area (Å²) in [6, 6.07) is 2.81. The summed E-state index contributed by atoms with van der Waals surface area (Å²) in [5.74, 6) is 0. The lowest BCUT2D eigenvalue weighted by Crippen LogP contribution is -2.29. The molecule has 1 rings (SSSR count). The molecule has 19 heavy (non-hydrogen) atoms. The van der Waals surface area contributed by atoms with E-state index in [9.17, 15) is 8.42 Å². The van der Waals surface area contributed by atoms with Crippen LogP contribution in [0.1, 0.15) is 12.5 Å². The standard InChI is InChI=1S/C11H16Cl2N2O2S2/c1-7(18-2)6-15-19(16,17)11-3-8(5-14)9(12)4-10(11)13/h3-4,7,15H,5-6,14H2,1-2H3. The highest BCUT2D eigenvalue weighted by Crippen LogP contribution is 2.28. The second-order valence-electron chi connectivity index (χ2n) is 3.98. The van der Waals surface area contributed by atoms with E-state index in [1.165, 1.54) is 12.1 Å². The summed E-state index contributed by atoms with van der Waals surface area (Å²) in [7, 11) is -3.65. The van der Waals surface area contributed by atoms with Crippen LogP contribution in [-0.2, 0) is 16.6 Å². The van der Waals surface area contributed by atoms with Gasteiger partial charge in [-0.3, -0.25) is 0 Å². The van der Waals surface area contributed by atoms with E-state index >= 15 is 0 Å². The molecule has 0 heterocycles. The molecule has 1 unspecified atom stereocenters. The minimum atomic E-state index is -3.65. The smallest absolute Gasteiger partial charge is 0.242 e. The Morgan fingerprint density at radius 3 is 2.53 bits per heavy atom. The van der Waals surface area contributed by atoms with E-state index < -0.39 is 10.0 Å². The molecular weight excluding hydrogens is 327 g/mol. The molecular formula is C11H16Cl2N2O2S2. The lowest BCUT2D eigenvalue weighted by Gasteiger charge is -2.13. The largest absolute Gasteiger partial charge is 0.326 e. The van der Waals surface area contributed by atoms with Gasteiger partial charge in [0.15, 0.2) is 0 Å². The Bertz CT molecular complexity index is 550. The number of sulfonamides is 1. The predicted octanol–water partition coefficient (Wildman–Crippen LogP) is 2.48. The Hall–Kier alpha value is 0.0200. The molecule has 0 aliphatic heterocycles. The van der Waals surface area contributed by atoms with Crippen molar-refractivity contribution in [3.8, 4) is 0 Å². The number of hydrogen-bond donors (Lipinski definition) is 2. The second-order valence-corrected chi connectivity index (χ2v) is 7.80. The van der Waals surface area contributed by atoms with Gasteiger partial charge in [0.05, 0.1) is 5.02 Å². The first-order valence-corrected chi connectivity index (χ1v) is 9.05. The summed E-state index contributed by atoms with van der Waals surface area (Å²) >= 11 is 13.4. The third kappa shape index (κ3) is 4.51. The van der Waals surface area contributed by atoms with Crippen molar-refractivity contribution < 1.29 is 8.42 Å². The lowest BCUT2D eigenvalue weighted by molar-refractivity contribution is 0.581. The molecule has 108 valence electrons. The van der Waals surface area contributed by atoms with E-state index in [1.54, 1.807) is 11.8 Å². The summed E-state index contributed by atoms with van der Waals surface area (Å²) in [4.78, 5) is 0.00678. The SMILES string of the molecule is CSC(C)CNS(=O)(=O)c1cc(CN)c(Cl)cc1Cl. The molecule has 0 fully saturated rings. The summed E-state index contributed by atoms with van der Waals surface area (Å²) < 4.78 is 26.8. The zero-order valence-electron chi connectivity index (χ0n) is 10.6. The van der Waals surface area contributed by atoms with E-state index in [-0.39, 0.29) is 21.7 Å². The highest BCUT2D eigenvalue weighted by Gasteiger charge is 2.20. The number of nitrogens with one attached hydrogen (secondary N) is 1. The van der Waals surface area contributed by atoms with Crippen molar-refractivity contribution in [2.45, 2.75) is 23.6 Å². The molecule has 4 nitrogen and oxygen atoms in total. The average molecular weight is 343 g/mol. The van der Waals surface area contributed by atoms with E-state index in [0.717, 1.165) is 0 Å². The lowest BCUT2D eigenvalue weighted by atomic mass is 10.2. The normalized spacial score (nSPS) is 13.5. The summed E-state index contributed by atoms with van der Waals surface area (Å²) in [6.45, 7) is 2.42. The third-order valence-electron chi connectivity index (χ3n) is 2.57. The predicted molar refractivity (Wildman–Crippen MR) is 82.5 cm³/mol. The fourth-order valence-corrected chi connectivity index (χ4v) is 3.68. The molecule has 0 spiro atoms. The number of nitrogens with two attached hydrogens (primary N) is 1. The first-order chi connectivity index (χ1) is 8.81. The Morgan fingerprint density at radius 2 is 2.00 bits per heavy atom. The molecule has 0 saturated carbocycles. The Morgan fingerprint density at radius 1 is 1.37 bits per heavy atom. The quantitative estimate of drug-likeness (QED) is 0.832. The molecule has 0 aliphatic rings. The van der Waals surface area contributed by atoms with Crippen LogP contribution in [-0.4, -0.2) is 26.5 Å². The van der Waals surface area contributed by atoms with Gasteiger partial charge in [-0.2, -0.15) is 11.8 Å². The van der Waals surface area contributed by atoms with Crippen LogP contribution in [0.2, 0.25) is 10.0 Å². The fraction of sp³-hybridized carbons (Fsp3) is 0.455. The van der Waals surface area contributed by atoms with Crippen molar-refractivity contribution in [3.63, 3.8) is 0 Å². The van der Waals surface area contributed by atoms with E-state index in [0.29, 0.717) is 17.1 Å². The number of thioether (sulfide) groups is 1. The topological polar surface area (TPSA) is 72.2 Å². The van der Waals surface area contributed by atoms with Gasteiger partial charge < -0.3 is 5.73 Å². The molecule has 0 bridgehead atoms. The van der Waals surface area contributed by atoms with Crippen molar-refractivity contribution in [2.75, 3.05) is 12.8 Å². The van der Waals surface area contributed by atoms with Crippen molar-refractivity contribution in [1.82, 2.24) is 4.72 Å². The zero-order chi connectivity index (χ0) is 14.6. The van der Waals surface area contributed by atoms with Crippen LogP contribution < -0.4 is 10.5 Å². The van der Waals surface area contributed by atoms with Gasteiger partial charge in [0.2, 0.25) is 10.0 Å². The molecule has 3 N–H and O–H groups in total. The van der Waals surface area contributed by atoms with Gasteiger partial charge in [-0.1, -0.05) is 30.1 Å². The minimum Gasteiger partial charge on any atom is -0.326 e. The molecule has 0 amide bonds. The zero-order valence-corrected chi connectivity index (χ0v) is 13.8. The van der Waals surface area contributed by atoms with Crippen molar-refractivity contribution in [1.29, 1.82) is 0 Å². The first kappa shape index (κ1) is 17.1. The van der Waals surface area contributed by atoms with Crippen LogP contribution in [0.5, 0.6) is 0 Å². The second kappa shape index (κ2) is 7.15. The molecule has 0 radical (unpaired) electrons. The maximum absolute atomic E-state index is 12.2. The summed E-state index contributed by atoms with van der Waals surface area (Å²) in [5.41, 5.74) is 6.06. The highest BCUT2D eigenvalue weighted by atomic mass is 35.5. The van der Waals surface area contributed by atoms with Gasteiger partial charge in [0.25, 0.3) is 0 Å². The van der Waals surface area contributed by atoms with Crippen LogP contribution in [0.4, 0.5) is 0 Å². The molecule has 0 saturated heterocycles. The minimum absolute atomic E-state index is 0.00678. The van der Waals surface area contributed by atoms with Crippen LogP contribution in [0.25, 0.3) is 0 Å². The van der Waals surface area contributed by atoms with Gasteiger partial charge in [0.1, 0.15) is 4.90 Å². The maximum Gasteiger partial charge on any atom is 0.242 e. The van der Waals surface area contributed by atoms with E-state index in [4.69, 9.17) is 28.9 Å². The van der Waals surface area contributed by atoms with Crippen LogP contribution >= 0.6 is 35.0 Å². The van der Waals surface area contributed by atoms with Crippen molar-refractivity contribution in [3.05, 3.63) is 27.7 Å². The number of hydrogen-bond acceptors (Lipinski definition) is 4. The van der Waals surface area contributed by atoms with Gasteiger partial charge >= 0.3 is 0 Å². The molecule has 1 aromatic carbocycles. The van der Waals surface area contributed by atoms with Gasteiger partial charge in [-0.15, -0.1) is 0 Å². The van der Waals surface area contributed by atoms with Gasteiger partial charge in [0, 0.05) is 23.4 Å². The Kier molecular flexibility index (Phi) is 6.42.